The van der Waals surface area contributed by atoms with E-state index in [4.69, 9.17) is 4.74 Å². The van der Waals surface area contributed by atoms with Crippen LogP contribution in [0.15, 0.2) is 23.8 Å². The average molecular weight is 279 g/mol. The normalized spacial score (nSPS) is 12.6. The van der Waals surface area contributed by atoms with E-state index in [1.54, 1.807) is 18.4 Å². The third-order valence-electron chi connectivity index (χ3n) is 3.22. The van der Waals surface area contributed by atoms with Crippen LogP contribution in [0.2, 0.25) is 0 Å². The van der Waals surface area contributed by atoms with Crippen LogP contribution in [0, 0.1) is 0 Å². The van der Waals surface area contributed by atoms with Crippen molar-refractivity contribution in [3.8, 4) is 5.75 Å². The second kappa shape index (κ2) is 6.73. The maximum absolute atomic E-state index is 5.42. The number of hydrogen-bond acceptors (Lipinski definition) is 4. The van der Waals surface area contributed by atoms with Gasteiger partial charge in [0.1, 0.15) is 11.6 Å². The standard InChI is InChI=1S/C14H21N3OS/c1-4-15-11(14-12(18-3)7-10-19-14)5-6-13-16-8-9-17(13)2/h7-11,15H,4-6H2,1-3H3. The molecule has 0 saturated carbocycles. The summed E-state index contributed by atoms with van der Waals surface area (Å²) in [6.07, 6.45) is 5.82. The number of imidazole rings is 1. The lowest BCUT2D eigenvalue weighted by molar-refractivity contribution is 0.400. The van der Waals surface area contributed by atoms with Gasteiger partial charge in [-0.05, 0) is 24.4 Å². The van der Waals surface area contributed by atoms with Crippen LogP contribution in [0.1, 0.15) is 30.1 Å². The Balaban J connectivity index is 2.06. The fraction of sp³-hybridized carbons (Fsp3) is 0.500. The summed E-state index contributed by atoms with van der Waals surface area (Å²) in [6, 6.07) is 2.36. The molecule has 0 radical (unpaired) electrons. The maximum Gasteiger partial charge on any atom is 0.134 e. The molecule has 104 valence electrons. The number of methoxy groups -OCH3 is 1. The Bertz CT molecular complexity index is 506. The molecule has 2 aromatic rings. The third kappa shape index (κ3) is 3.36. The molecular formula is C14H21N3OS. The average Bonchev–Trinajstić information content (AvgIpc) is 3.03. The van der Waals surface area contributed by atoms with Gasteiger partial charge in [0.25, 0.3) is 0 Å². The van der Waals surface area contributed by atoms with Crippen molar-refractivity contribution in [3.05, 3.63) is 34.5 Å². The van der Waals surface area contributed by atoms with Gasteiger partial charge in [-0.25, -0.2) is 4.98 Å². The lowest BCUT2D eigenvalue weighted by Gasteiger charge is -2.17. The second-order valence-corrected chi connectivity index (χ2v) is 5.40. The van der Waals surface area contributed by atoms with E-state index >= 15 is 0 Å². The van der Waals surface area contributed by atoms with Gasteiger partial charge >= 0.3 is 0 Å². The van der Waals surface area contributed by atoms with E-state index in [1.807, 2.05) is 25.5 Å². The lowest BCUT2D eigenvalue weighted by Crippen LogP contribution is -2.21. The van der Waals surface area contributed by atoms with E-state index in [-0.39, 0.29) is 0 Å². The van der Waals surface area contributed by atoms with Gasteiger partial charge in [0, 0.05) is 31.9 Å². The largest absolute Gasteiger partial charge is 0.496 e. The zero-order valence-corrected chi connectivity index (χ0v) is 12.5. The fourth-order valence-corrected chi connectivity index (χ4v) is 3.19. The number of nitrogens with zero attached hydrogens (tertiary/aromatic N) is 2. The predicted octanol–water partition coefficient (Wildman–Crippen LogP) is 2.77. The summed E-state index contributed by atoms with van der Waals surface area (Å²) >= 11 is 1.75. The third-order valence-corrected chi connectivity index (χ3v) is 4.23. The molecule has 0 amide bonds. The molecule has 4 nitrogen and oxygen atoms in total. The van der Waals surface area contributed by atoms with Crippen molar-refractivity contribution >= 4 is 11.3 Å². The van der Waals surface area contributed by atoms with Gasteiger partial charge in [0.05, 0.1) is 12.0 Å². The number of aryl methyl sites for hydroxylation is 2. The summed E-state index contributed by atoms with van der Waals surface area (Å²) in [5.41, 5.74) is 0. The van der Waals surface area contributed by atoms with Gasteiger partial charge in [-0.15, -0.1) is 11.3 Å². The summed E-state index contributed by atoms with van der Waals surface area (Å²) in [5, 5.41) is 5.62. The quantitative estimate of drug-likeness (QED) is 0.847. The number of nitrogens with one attached hydrogen (secondary N) is 1. The van der Waals surface area contributed by atoms with Crippen LogP contribution >= 0.6 is 11.3 Å². The van der Waals surface area contributed by atoms with Crippen LogP contribution in [-0.2, 0) is 13.5 Å². The zero-order chi connectivity index (χ0) is 13.7. The molecule has 0 spiro atoms. The minimum absolute atomic E-state index is 0.330. The Kier molecular flexibility index (Phi) is 4.99. The Labute approximate surface area is 118 Å². The SMILES string of the molecule is CCNC(CCc1nccn1C)c1sccc1OC. The molecule has 0 aromatic carbocycles. The number of aromatic nitrogens is 2. The molecule has 0 bridgehead atoms. The predicted molar refractivity (Wildman–Crippen MR) is 78.8 cm³/mol. The van der Waals surface area contributed by atoms with Gasteiger partial charge < -0.3 is 14.6 Å². The van der Waals surface area contributed by atoms with Crippen LogP contribution in [0.4, 0.5) is 0 Å². The van der Waals surface area contributed by atoms with Crippen molar-refractivity contribution in [2.24, 2.45) is 7.05 Å². The van der Waals surface area contributed by atoms with Gasteiger partial charge in [-0.1, -0.05) is 6.92 Å². The molecule has 2 rings (SSSR count). The molecule has 2 aromatic heterocycles. The number of rotatable bonds is 7. The molecule has 0 aliphatic carbocycles. The van der Waals surface area contributed by atoms with Crippen LogP contribution in [0.25, 0.3) is 0 Å². The van der Waals surface area contributed by atoms with Crippen molar-refractivity contribution in [2.75, 3.05) is 13.7 Å². The van der Waals surface area contributed by atoms with Crippen molar-refractivity contribution in [1.29, 1.82) is 0 Å². The Morgan fingerprint density at radius 3 is 3.00 bits per heavy atom. The highest BCUT2D eigenvalue weighted by Gasteiger charge is 2.17. The number of ether oxygens (including phenoxy) is 1. The molecule has 19 heavy (non-hydrogen) atoms. The molecular weight excluding hydrogens is 258 g/mol. The highest BCUT2D eigenvalue weighted by molar-refractivity contribution is 7.10. The Hall–Kier alpha value is -1.33. The molecule has 1 unspecified atom stereocenters. The summed E-state index contributed by atoms with van der Waals surface area (Å²) in [6.45, 7) is 3.08. The van der Waals surface area contributed by atoms with E-state index < -0.39 is 0 Å². The molecule has 5 heteroatoms. The van der Waals surface area contributed by atoms with Crippen molar-refractivity contribution in [2.45, 2.75) is 25.8 Å². The van der Waals surface area contributed by atoms with E-state index in [1.165, 1.54) is 4.88 Å². The van der Waals surface area contributed by atoms with Crippen molar-refractivity contribution in [1.82, 2.24) is 14.9 Å². The molecule has 0 fully saturated rings. The van der Waals surface area contributed by atoms with E-state index in [0.29, 0.717) is 6.04 Å². The minimum Gasteiger partial charge on any atom is -0.496 e. The van der Waals surface area contributed by atoms with Gasteiger partial charge in [0.15, 0.2) is 0 Å². The van der Waals surface area contributed by atoms with E-state index in [0.717, 1.165) is 31.0 Å². The summed E-state index contributed by atoms with van der Waals surface area (Å²) in [7, 11) is 3.77. The van der Waals surface area contributed by atoms with Crippen molar-refractivity contribution in [3.63, 3.8) is 0 Å². The van der Waals surface area contributed by atoms with Gasteiger partial charge in [-0.3, -0.25) is 0 Å². The summed E-state index contributed by atoms with van der Waals surface area (Å²) in [4.78, 5) is 5.66. The van der Waals surface area contributed by atoms with Crippen LogP contribution in [-0.4, -0.2) is 23.2 Å². The van der Waals surface area contributed by atoms with Crippen molar-refractivity contribution < 1.29 is 4.74 Å². The Morgan fingerprint density at radius 1 is 1.53 bits per heavy atom. The van der Waals surface area contributed by atoms with Crippen LogP contribution < -0.4 is 10.1 Å². The fourth-order valence-electron chi connectivity index (χ4n) is 2.21. The molecule has 2 heterocycles. The molecule has 1 N–H and O–H groups in total. The topological polar surface area (TPSA) is 39.1 Å². The van der Waals surface area contributed by atoms with Gasteiger partial charge in [-0.2, -0.15) is 0 Å². The van der Waals surface area contributed by atoms with E-state index in [9.17, 15) is 0 Å². The van der Waals surface area contributed by atoms with Gasteiger partial charge in [0.2, 0.25) is 0 Å². The maximum atomic E-state index is 5.42. The molecule has 0 aliphatic heterocycles. The monoisotopic (exact) mass is 279 g/mol. The first-order valence-corrected chi connectivity index (χ1v) is 7.45. The second-order valence-electron chi connectivity index (χ2n) is 4.46. The van der Waals surface area contributed by atoms with E-state index in [2.05, 4.69) is 27.2 Å². The Morgan fingerprint density at radius 2 is 2.37 bits per heavy atom. The summed E-state index contributed by atoms with van der Waals surface area (Å²) in [5.74, 6) is 2.11. The first-order chi connectivity index (χ1) is 9.26. The molecule has 1 atom stereocenters. The number of hydrogen-bond donors (Lipinski definition) is 1. The first-order valence-electron chi connectivity index (χ1n) is 6.57. The summed E-state index contributed by atoms with van der Waals surface area (Å²) < 4.78 is 7.50. The zero-order valence-electron chi connectivity index (χ0n) is 11.7. The van der Waals surface area contributed by atoms with Crippen LogP contribution in [0.3, 0.4) is 0 Å². The lowest BCUT2D eigenvalue weighted by atomic mass is 10.1. The number of thiophene rings is 1. The molecule has 0 saturated heterocycles. The highest BCUT2D eigenvalue weighted by Crippen LogP contribution is 2.33. The minimum atomic E-state index is 0.330. The highest BCUT2D eigenvalue weighted by atomic mass is 32.1. The first kappa shape index (κ1) is 14.1. The smallest absolute Gasteiger partial charge is 0.134 e. The molecule has 0 aliphatic rings. The van der Waals surface area contributed by atoms with Crippen LogP contribution in [0.5, 0.6) is 5.75 Å².